The molecule has 0 spiro atoms. The van der Waals surface area contributed by atoms with Crippen LogP contribution in [0.3, 0.4) is 0 Å². The highest BCUT2D eigenvalue weighted by molar-refractivity contribution is 7.09. The van der Waals surface area contributed by atoms with E-state index in [-0.39, 0.29) is 0 Å². The fourth-order valence-electron chi connectivity index (χ4n) is 2.00. The molecule has 1 aliphatic rings. The average molecular weight is 216 g/mol. The standard InChI is InChI=1S/C10H14ClNS/c1-7-12-10(6-13-7)5-8-2-3-9(11)4-8/h6,8-9H,2-5H2,1H3. The van der Waals surface area contributed by atoms with Gasteiger partial charge in [0.2, 0.25) is 0 Å². The summed E-state index contributed by atoms with van der Waals surface area (Å²) in [6.45, 7) is 2.06. The first-order chi connectivity index (χ1) is 6.24. The molecule has 0 saturated heterocycles. The summed E-state index contributed by atoms with van der Waals surface area (Å²) in [5.41, 5.74) is 1.26. The second-order valence-electron chi connectivity index (χ2n) is 3.84. The summed E-state index contributed by atoms with van der Waals surface area (Å²) in [6.07, 6.45) is 4.78. The van der Waals surface area contributed by atoms with Crippen LogP contribution in [0.2, 0.25) is 0 Å². The van der Waals surface area contributed by atoms with Gasteiger partial charge in [0.1, 0.15) is 0 Å². The van der Waals surface area contributed by atoms with Crippen molar-refractivity contribution >= 4 is 22.9 Å². The molecule has 72 valence electrons. The number of hydrogen-bond acceptors (Lipinski definition) is 2. The lowest BCUT2D eigenvalue weighted by Crippen LogP contribution is -2.00. The molecule has 1 heterocycles. The molecule has 1 aromatic rings. The van der Waals surface area contributed by atoms with Gasteiger partial charge >= 0.3 is 0 Å². The van der Waals surface area contributed by atoms with Crippen LogP contribution in [0.4, 0.5) is 0 Å². The van der Waals surface area contributed by atoms with E-state index in [1.165, 1.54) is 30.0 Å². The molecule has 2 rings (SSSR count). The predicted molar refractivity (Wildman–Crippen MR) is 57.5 cm³/mol. The molecule has 1 fully saturated rings. The molecule has 13 heavy (non-hydrogen) atoms. The van der Waals surface area contributed by atoms with Gasteiger partial charge in [-0.1, -0.05) is 0 Å². The molecular weight excluding hydrogens is 202 g/mol. The van der Waals surface area contributed by atoms with Gasteiger partial charge in [-0.2, -0.15) is 0 Å². The first-order valence-corrected chi connectivity index (χ1v) is 6.10. The Kier molecular flexibility index (Phi) is 2.89. The summed E-state index contributed by atoms with van der Waals surface area (Å²) in [5, 5.41) is 3.77. The maximum absolute atomic E-state index is 6.06. The van der Waals surface area contributed by atoms with E-state index in [2.05, 4.69) is 17.3 Å². The monoisotopic (exact) mass is 215 g/mol. The summed E-state index contributed by atoms with van der Waals surface area (Å²) in [5.74, 6) is 0.781. The van der Waals surface area contributed by atoms with Crippen molar-refractivity contribution in [1.29, 1.82) is 0 Å². The van der Waals surface area contributed by atoms with Crippen LogP contribution >= 0.6 is 22.9 Å². The van der Waals surface area contributed by atoms with Crippen LogP contribution in [0.1, 0.15) is 30.0 Å². The van der Waals surface area contributed by atoms with Crippen molar-refractivity contribution in [3.63, 3.8) is 0 Å². The van der Waals surface area contributed by atoms with Gasteiger partial charge in [-0.15, -0.1) is 22.9 Å². The second kappa shape index (κ2) is 3.97. The molecule has 0 amide bonds. The molecule has 0 aromatic carbocycles. The minimum atomic E-state index is 0.421. The Morgan fingerprint density at radius 2 is 2.46 bits per heavy atom. The van der Waals surface area contributed by atoms with Gasteiger partial charge in [-0.05, 0) is 38.5 Å². The lowest BCUT2D eigenvalue weighted by Gasteiger charge is -2.05. The third-order valence-corrected chi connectivity index (χ3v) is 3.86. The van der Waals surface area contributed by atoms with Crippen molar-refractivity contribution in [1.82, 2.24) is 4.98 Å². The molecule has 1 nitrogen and oxygen atoms in total. The highest BCUT2D eigenvalue weighted by Crippen LogP contribution is 2.31. The number of rotatable bonds is 2. The van der Waals surface area contributed by atoms with E-state index in [1.54, 1.807) is 11.3 Å². The molecule has 0 bridgehead atoms. The smallest absolute Gasteiger partial charge is 0.0897 e. The predicted octanol–water partition coefficient (Wildman–Crippen LogP) is 3.40. The minimum Gasteiger partial charge on any atom is -0.247 e. The lowest BCUT2D eigenvalue weighted by atomic mass is 10.0. The van der Waals surface area contributed by atoms with Gasteiger partial charge < -0.3 is 0 Å². The molecule has 3 heteroatoms. The van der Waals surface area contributed by atoms with Gasteiger partial charge in [0, 0.05) is 10.8 Å². The highest BCUT2D eigenvalue weighted by Gasteiger charge is 2.23. The van der Waals surface area contributed by atoms with Crippen molar-refractivity contribution in [3.05, 3.63) is 16.1 Å². The molecule has 2 atom stereocenters. The Balaban J connectivity index is 1.91. The van der Waals surface area contributed by atoms with E-state index in [0.29, 0.717) is 5.38 Å². The van der Waals surface area contributed by atoms with Crippen LogP contribution in [-0.4, -0.2) is 10.4 Å². The largest absolute Gasteiger partial charge is 0.247 e. The zero-order chi connectivity index (χ0) is 9.26. The zero-order valence-corrected chi connectivity index (χ0v) is 9.37. The molecular formula is C10H14ClNS. The zero-order valence-electron chi connectivity index (χ0n) is 7.79. The van der Waals surface area contributed by atoms with Gasteiger partial charge in [0.15, 0.2) is 0 Å². The average Bonchev–Trinajstić information content (AvgIpc) is 2.62. The number of alkyl halides is 1. The summed E-state index contributed by atoms with van der Waals surface area (Å²) >= 11 is 7.81. The summed E-state index contributed by atoms with van der Waals surface area (Å²) in [6, 6.07) is 0. The van der Waals surface area contributed by atoms with Crippen LogP contribution in [0, 0.1) is 12.8 Å². The first-order valence-electron chi connectivity index (χ1n) is 4.79. The van der Waals surface area contributed by atoms with E-state index < -0.39 is 0 Å². The quantitative estimate of drug-likeness (QED) is 0.690. The van der Waals surface area contributed by atoms with E-state index in [9.17, 15) is 0 Å². The number of halogens is 1. The van der Waals surface area contributed by atoms with Gasteiger partial charge in [-0.3, -0.25) is 0 Å². The van der Waals surface area contributed by atoms with Crippen LogP contribution in [0.15, 0.2) is 5.38 Å². The van der Waals surface area contributed by atoms with Crippen LogP contribution in [0.5, 0.6) is 0 Å². The molecule has 0 aliphatic heterocycles. The van der Waals surface area contributed by atoms with E-state index in [0.717, 1.165) is 12.3 Å². The van der Waals surface area contributed by atoms with Crippen molar-refractivity contribution < 1.29 is 0 Å². The minimum absolute atomic E-state index is 0.421. The maximum atomic E-state index is 6.06. The first kappa shape index (κ1) is 9.47. The van der Waals surface area contributed by atoms with E-state index >= 15 is 0 Å². The van der Waals surface area contributed by atoms with Crippen molar-refractivity contribution in [3.8, 4) is 0 Å². The van der Waals surface area contributed by atoms with Crippen molar-refractivity contribution in [2.45, 2.75) is 38.0 Å². The van der Waals surface area contributed by atoms with Gasteiger partial charge in [-0.25, -0.2) is 4.98 Å². The van der Waals surface area contributed by atoms with Gasteiger partial charge in [0.05, 0.1) is 10.7 Å². The summed E-state index contributed by atoms with van der Waals surface area (Å²) < 4.78 is 0. The number of aryl methyl sites for hydroxylation is 1. The third kappa shape index (κ3) is 2.44. The van der Waals surface area contributed by atoms with Gasteiger partial charge in [0.25, 0.3) is 0 Å². The third-order valence-electron chi connectivity index (χ3n) is 2.64. The summed E-state index contributed by atoms with van der Waals surface area (Å²) in [4.78, 5) is 4.47. The fourth-order valence-corrected chi connectivity index (χ4v) is 3.00. The molecule has 1 saturated carbocycles. The molecule has 0 radical (unpaired) electrons. The SMILES string of the molecule is Cc1nc(CC2CCC(Cl)C2)cs1. The molecule has 1 aromatic heterocycles. The fraction of sp³-hybridized carbons (Fsp3) is 0.700. The van der Waals surface area contributed by atoms with Crippen molar-refractivity contribution in [2.24, 2.45) is 5.92 Å². The topological polar surface area (TPSA) is 12.9 Å². The number of thiazole rings is 1. The van der Waals surface area contributed by atoms with Crippen molar-refractivity contribution in [2.75, 3.05) is 0 Å². The highest BCUT2D eigenvalue weighted by atomic mass is 35.5. The normalized spacial score (nSPS) is 28.2. The van der Waals surface area contributed by atoms with Crippen LogP contribution < -0.4 is 0 Å². The number of aromatic nitrogens is 1. The lowest BCUT2D eigenvalue weighted by molar-refractivity contribution is 0.541. The molecule has 2 unspecified atom stereocenters. The van der Waals surface area contributed by atoms with E-state index in [1.807, 2.05) is 0 Å². The Labute approximate surface area is 88.1 Å². The van der Waals surface area contributed by atoms with Crippen LogP contribution in [-0.2, 0) is 6.42 Å². The Morgan fingerprint density at radius 1 is 1.62 bits per heavy atom. The molecule has 1 aliphatic carbocycles. The Hall–Kier alpha value is -0.0800. The van der Waals surface area contributed by atoms with Crippen LogP contribution in [0.25, 0.3) is 0 Å². The number of hydrogen-bond donors (Lipinski definition) is 0. The Morgan fingerprint density at radius 3 is 3.00 bits per heavy atom. The van der Waals surface area contributed by atoms with E-state index in [4.69, 9.17) is 11.6 Å². The summed E-state index contributed by atoms with van der Waals surface area (Å²) in [7, 11) is 0. The molecule has 0 N–H and O–H groups in total. The maximum Gasteiger partial charge on any atom is 0.0897 e. The second-order valence-corrected chi connectivity index (χ2v) is 5.52. The number of nitrogens with zero attached hydrogens (tertiary/aromatic N) is 1. The Bertz CT molecular complexity index is 284.